The Labute approximate surface area is 167 Å². The van der Waals surface area contributed by atoms with E-state index in [9.17, 15) is 22.8 Å². The first kappa shape index (κ1) is 22.6. The van der Waals surface area contributed by atoms with Gasteiger partial charge < -0.3 is 15.1 Å². The zero-order valence-corrected chi connectivity index (χ0v) is 17.8. The highest BCUT2D eigenvalue weighted by Gasteiger charge is 2.31. The Morgan fingerprint density at radius 3 is 2.04 bits per heavy atom. The molecule has 2 aliphatic rings. The van der Waals surface area contributed by atoms with E-state index in [0.29, 0.717) is 5.92 Å². The van der Waals surface area contributed by atoms with Gasteiger partial charge in [-0.15, -0.1) is 0 Å². The zero-order valence-electron chi connectivity index (χ0n) is 16.9. The number of carbonyl (C=O) groups is 3. The van der Waals surface area contributed by atoms with Crippen LogP contribution < -0.4 is 10.0 Å². The van der Waals surface area contributed by atoms with E-state index in [0.717, 1.165) is 25.7 Å². The second kappa shape index (κ2) is 9.69. The lowest BCUT2D eigenvalue weighted by atomic mass is 9.88. The summed E-state index contributed by atoms with van der Waals surface area (Å²) >= 11 is 0. The number of rotatable bonds is 5. The number of sulfonamides is 1. The topological polar surface area (TPSA) is 116 Å². The Morgan fingerprint density at radius 2 is 1.50 bits per heavy atom. The molecule has 1 aliphatic heterocycles. The van der Waals surface area contributed by atoms with Crippen LogP contribution in [0.5, 0.6) is 0 Å². The summed E-state index contributed by atoms with van der Waals surface area (Å²) in [5, 5.41) is 2.55. The number of hydrogen-bond acceptors (Lipinski definition) is 5. The standard InChI is InChI=1S/C18H32N4O5S/c1-13(2)19-17(24)18(25)22-10-8-21(9-11-22)16(23)12-28(26,27)20-15-6-4-14(3)5-7-15/h13-15,20H,4-12H2,1-3H3,(H,19,24). The van der Waals surface area contributed by atoms with Gasteiger partial charge in [0.25, 0.3) is 0 Å². The molecule has 0 aromatic rings. The van der Waals surface area contributed by atoms with Crippen LogP contribution in [-0.4, -0.2) is 80.0 Å². The van der Waals surface area contributed by atoms with Crippen molar-refractivity contribution in [3.8, 4) is 0 Å². The van der Waals surface area contributed by atoms with Crippen molar-refractivity contribution in [2.45, 2.75) is 58.5 Å². The summed E-state index contributed by atoms with van der Waals surface area (Å²) in [5.41, 5.74) is 0. The third-order valence-corrected chi connectivity index (χ3v) is 6.53. The van der Waals surface area contributed by atoms with E-state index in [4.69, 9.17) is 0 Å². The van der Waals surface area contributed by atoms with Crippen molar-refractivity contribution in [1.82, 2.24) is 19.8 Å². The first-order chi connectivity index (χ1) is 13.1. The fraction of sp³-hybridized carbons (Fsp3) is 0.833. The van der Waals surface area contributed by atoms with Gasteiger partial charge in [-0.2, -0.15) is 0 Å². The van der Waals surface area contributed by atoms with E-state index in [1.807, 2.05) is 0 Å². The molecule has 2 fully saturated rings. The molecule has 1 saturated heterocycles. The number of carbonyl (C=O) groups excluding carboxylic acids is 3. The van der Waals surface area contributed by atoms with Crippen LogP contribution in [0.15, 0.2) is 0 Å². The summed E-state index contributed by atoms with van der Waals surface area (Å²) in [5.74, 6) is -1.73. The number of piperazine rings is 1. The van der Waals surface area contributed by atoms with E-state index in [2.05, 4.69) is 17.0 Å². The molecular formula is C18H32N4O5S. The van der Waals surface area contributed by atoms with Gasteiger partial charge >= 0.3 is 11.8 Å². The van der Waals surface area contributed by atoms with Crippen LogP contribution in [-0.2, 0) is 24.4 Å². The van der Waals surface area contributed by atoms with Crippen LogP contribution in [0.3, 0.4) is 0 Å². The monoisotopic (exact) mass is 416 g/mol. The van der Waals surface area contributed by atoms with Crippen molar-refractivity contribution in [3.63, 3.8) is 0 Å². The molecule has 9 nitrogen and oxygen atoms in total. The lowest BCUT2D eigenvalue weighted by molar-refractivity contribution is -0.148. The average Bonchev–Trinajstić information content (AvgIpc) is 2.62. The van der Waals surface area contributed by atoms with Gasteiger partial charge in [0.05, 0.1) is 0 Å². The highest BCUT2D eigenvalue weighted by Crippen LogP contribution is 2.23. The van der Waals surface area contributed by atoms with Crippen LogP contribution in [0.2, 0.25) is 0 Å². The molecule has 0 atom stereocenters. The summed E-state index contributed by atoms with van der Waals surface area (Å²) in [6.45, 7) is 6.56. The Kier molecular flexibility index (Phi) is 7.82. The molecule has 0 bridgehead atoms. The summed E-state index contributed by atoms with van der Waals surface area (Å²) < 4.78 is 27.3. The smallest absolute Gasteiger partial charge is 0.312 e. The molecule has 0 aromatic heterocycles. The van der Waals surface area contributed by atoms with Crippen molar-refractivity contribution >= 4 is 27.7 Å². The minimum atomic E-state index is -3.69. The second-order valence-corrected chi connectivity index (χ2v) is 9.89. The minimum Gasteiger partial charge on any atom is -0.346 e. The molecule has 0 unspecified atom stereocenters. The predicted octanol–water partition coefficient (Wildman–Crippen LogP) is -0.320. The Hall–Kier alpha value is -1.68. The molecule has 1 heterocycles. The molecule has 3 amide bonds. The van der Waals surface area contributed by atoms with Gasteiger partial charge in [-0.25, -0.2) is 13.1 Å². The molecule has 2 rings (SSSR count). The number of nitrogens with zero attached hydrogens (tertiary/aromatic N) is 2. The zero-order chi connectivity index (χ0) is 20.9. The van der Waals surface area contributed by atoms with E-state index in [1.54, 1.807) is 13.8 Å². The molecule has 2 N–H and O–H groups in total. The fourth-order valence-corrected chi connectivity index (χ4v) is 4.89. The van der Waals surface area contributed by atoms with Crippen molar-refractivity contribution in [2.24, 2.45) is 5.92 Å². The van der Waals surface area contributed by atoms with Crippen molar-refractivity contribution in [2.75, 3.05) is 31.9 Å². The third-order valence-electron chi connectivity index (χ3n) is 5.21. The Balaban J connectivity index is 1.79. The van der Waals surface area contributed by atoms with Crippen LogP contribution in [0, 0.1) is 5.92 Å². The molecule has 1 saturated carbocycles. The first-order valence-electron chi connectivity index (χ1n) is 9.95. The van der Waals surface area contributed by atoms with Crippen LogP contribution >= 0.6 is 0 Å². The van der Waals surface area contributed by atoms with Crippen molar-refractivity contribution in [3.05, 3.63) is 0 Å². The molecule has 0 aromatic carbocycles. The molecule has 1 aliphatic carbocycles. The van der Waals surface area contributed by atoms with Crippen LogP contribution in [0.25, 0.3) is 0 Å². The maximum absolute atomic E-state index is 12.4. The second-order valence-electron chi connectivity index (χ2n) is 8.13. The predicted molar refractivity (Wildman–Crippen MR) is 105 cm³/mol. The minimum absolute atomic E-state index is 0.0945. The number of nitrogens with one attached hydrogen (secondary N) is 2. The molecule has 28 heavy (non-hydrogen) atoms. The summed E-state index contributed by atoms with van der Waals surface area (Å²) in [4.78, 5) is 39.1. The van der Waals surface area contributed by atoms with Crippen LogP contribution in [0.1, 0.15) is 46.5 Å². The Bertz CT molecular complexity index is 678. The normalized spacial score (nSPS) is 23.6. The van der Waals surface area contributed by atoms with Crippen molar-refractivity contribution in [1.29, 1.82) is 0 Å². The summed E-state index contributed by atoms with van der Waals surface area (Å²) in [6.07, 6.45) is 3.57. The largest absolute Gasteiger partial charge is 0.346 e. The van der Waals surface area contributed by atoms with Gasteiger partial charge in [-0.05, 0) is 45.4 Å². The molecule has 0 spiro atoms. The molecule has 160 valence electrons. The molecular weight excluding hydrogens is 384 g/mol. The van der Waals surface area contributed by atoms with Gasteiger partial charge in [0.1, 0.15) is 5.75 Å². The maximum atomic E-state index is 12.4. The van der Waals surface area contributed by atoms with Gasteiger partial charge in [0.2, 0.25) is 15.9 Å². The Morgan fingerprint density at radius 1 is 0.964 bits per heavy atom. The fourth-order valence-electron chi connectivity index (χ4n) is 3.55. The van der Waals surface area contributed by atoms with Gasteiger partial charge in [0.15, 0.2) is 0 Å². The maximum Gasteiger partial charge on any atom is 0.312 e. The highest BCUT2D eigenvalue weighted by molar-refractivity contribution is 7.90. The van der Waals surface area contributed by atoms with Gasteiger partial charge in [-0.3, -0.25) is 14.4 Å². The SMILES string of the molecule is CC1CCC(NS(=O)(=O)CC(=O)N2CCN(C(=O)C(=O)NC(C)C)CC2)CC1. The van der Waals surface area contributed by atoms with Gasteiger partial charge in [-0.1, -0.05) is 6.92 Å². The summed E-state index contributed by atoms with van der Waals surface area (Å²) in [7, 11) is -3.69. The van der Waals surface area contributed by atoms with E-state index in [1.165, 1.54) is 9.80 Å². The lowest BCUT2D eigenvalue weighted by Crippen LogP contribution is -2.55. The number of amides is 3. The lowest BCUT2D eigenvalue weighted by Gasteiger charge is -2.34. The average molecular weight is 417 g/mol. The summed E-state index contributed by atoms with van der Waals surface area (Å²) in [6, 6.07) is -0.229. The molecule has 0 radical (unpaired) electrons. The first-order valence-corrected chi connectivity index (χ1v) is 11.6. The van der Waals surface area contributed by atoms with Crippen LogP contribution in [0.4, 0.5) is 0 Å². The number of hydrogen-bond donors (Lipinski definition) is 2. The highest BCUT2D eigenvalue weighted by atomic mass is 32.2. The third kappa shape index (κ3) is 6.73. The molecule has 10 heteroatoms. The quantitative estimate of drug-likeness (QED) is 0.596. The van der Waals surface area contributed by atoms with Gasteiger partial charge in [0, 0.05) is 38.3 Å². The van der Waals surface area contributed by atoms with E-state index >= 15 is 0 Å². The van der Waals surface area contributed by atoms with Crippen molar-refractivity contribution < 1.29 is 22.8 Å². The van der Waals surface area contributed by atoms with E-state index in [-0.39, 0.29) is 38.3 Å². The van der Waals surface area contributed by atoms with E-state index < -0.39 is 33.5 Å².